The SMILES string of the molecule is Cn1cccc(-c2ccccc2)c1=O. The number of aryl methyl sites for hydroxylation is 1. The largest absolute Gasteiger partial charge is 0.318 e. The molecule has 1 aromatic carbocycles. The monoisotopic (exact) mass is 185 g/mol. The molecule has 0 aliphatic heterocycles. The first-order chi connectivity index (χ1) is 6.79. The first kappa shape index (κ1) is 8.75. The molecule has 0 radical (unpaired) electrons. The summed E-state index contributed by atoms with van der Waals surface area (Å²) in [7, 11) is 1.76. The molecule has 0 saturated heterocycles. The van der Waals surface area contributed by atoms with Gasteiger partial charge in [-0.25, -0.2) is 0 Å². The van der Waals surface area contributed by atoms with Crippen LogP contribution in [0.5, 0.6) is 0 Å². The van der Waals surface area contributed by atoms with Crippen LogP contribution in [0.2, 0.25) is 0 Å². The predicted octanol–water partition coefficient (Wildman–Crippen LogP) is 2.05. The summed E-state index contributed by atoms with van der Waals surface area (Å²) in [5, 5.41) is 0. The standard InChI is InChI=1S/C12H11NO/c1-13-9-5-8-11(12(13)14)10-6-3-2-4-7-10/h2-9H,1H3. The lowest BCUT2D eigenvalue weighted by Crippen LogP contribution is -2.17. The van der Waals surface area contributed by atoms with E-state index in [9.17, 15) is 4.79 Å². The van der Waals surface area contributed by atoms with Crippen LogP contribution >= 0.6 is 0 Å². The molecule has 0 aliphatic rings. The lowest BCUT2D eigenvalue weighted by molar-refractivity contribution is 0.863. The number of hydrogen-bond donors (Lipinski definition) is 0. The zero-order chi connectivity index (χ0) is 9.97. The van der Waals surface area contributed by atoms with Crippen LogP contribution in [0.4, 0.5) is 0 Å². The Hall–Kier alpha value is -1.83. The Balaban J connectivity index is 2.64. The molecule has 14 heavy (non-hydrogen) atoms. The van der Waals surface area contributed by atoms with Crippen LogP contribution in [-0.2, 0) is 7.05 Å². The third kappa shape index (κ3) is 1.46. The summed E-state index contributed by atoms with van der Waals surface area (Å²) in [4.78, 5) is 11.7. The molecular formula is C12H11NO. The van der Waals surface area contributed by atoms with Gasteiger partial charge in [-0.2, -0.15) is 0 Å². The van der Waals surface area contributed by atoms with Crippen molar-refractivity contribution in [1.29, 1.82) is 0 Å². The highest BCUT2D eigenvalue weighted by Crippen LogP contribution is 2.13. The fourth-order valence-electron chi connectivity index (χ4n) is 1.43. The van der Waals surface area contributed by atoms with E-state index in [0.29, 0.717) is 0 Å². The van der Waals surface area contributed by atoms with Gasteiger partial charge >= 0.3 is 0 Å². The number of hydrogen-bond acceptors (Lipinski definition) is 1. The van der Waals surface area contributed by atoms with E-state index in [1.165, 1.54) is 0 Å². The van der Waals surface area contributed by atoms with Gasteiger partial charge in [-0.05, 0) is 17.7 Å². The summed E-state index contributed by atoms with van der Waals surface area (Å²) < 4.78 is 1.59. The van der Waals surface area contributed by atoms with E-state index >= 15 is 0 Å². The fraction of sp³-hybridized carbons (Fsp3) is 0.0833. The second kappa shape index (κ2) is 3.50. The van der Waals surface area contributed by atoms with Crippen molar-refractivity contribution in [3.8, 4) is 11.1 Å². The normalized spacial score (nSPS) is 10.1. The number of aromatic nitrogens is 1. The first-order valence-corrected chi connectivity index (χ1v) is 4.50. The summed E-state index contributed by atoms with van der Waals surface area (Å²) in [6, 6.07) is 13.4. The zero-order valence-electron chi connectivity index (χ0n) is 7.97. The average molecular weight is 185 g/mol. The van der Waals surface area contributed by atoms with E-state index in [2.05, 4.69) is 0 Å². The maximum Gasteiger partial charge on any atom is 0.258 e. The van der Waals surface area contributed by atoms with Gasteiger partial charge in [-0.15, -0.1) is 0 Å². The first-order valence-electron chi connectivity index (χ1n) is 4.50. The van der Waals surface area contributed by atoms with Crippen LogP contribution in [0.15, 0.2) is 53.5 Å². The van der Waals surface area contributed by atoms with Crippen molar-refractivity contribution in [1.82, 2.24) is 4.57 Å². The molecule has 2 aromatic rings. The number of benzene rings is 1. The quantitative estimate of drug-likeness (QED) is 0.666. The van der Waals surface area contributed by atoms with Crippen molar-refractivity contribution in [2.75, 3.05) is 0 Å². The van der Waals surface area contributed by atoms with Gasteiger partial charge in [-0.3, -0.25) is 4.79 Å². The molecule has 0 N–H and O–H groups in total. The summed E-state index contributed by atoms with van der Waals surface area (Å²) in [6.07, 6.45) is 1.76. The maximum atomic E-state index is 11.7. The van der Waals surface area contributed by atoms with Gasteiger partial charge in [0.1, 0.15) is 0 Å². The van der Waals surface area contributed by atoms with Crippen molar-refractivity contribution in [3.63, 3.8) is 0 Å². The second-order valence-corrected chi connectivity index (χ2v) is 3.20. The molecule has 0 fully saturated rings. The van der Waals surface area contributed by atoms with Gasteiger partial charge in [-0.1, -0.05) is 30.3 Å². The summed E-state index contributed by atoms with van der Waals surface area (Å²) in [5.74, 6) is 0. The van der Waals surface area contributed by atoms with Crippen LogP contribution in [-0.4, -0.2) is 4.57 Å². The molecule has 0 saturated carbocycles. The van der Waals surface area contributed by atoms with Crippen LogP contribution in [0, 0.1) is 0 Å². The molecule has 2 rings (SSSR count). The van der Waals surface area contributed by atoms with E-state index in [1.54, 1.807) is 17.8 Å². The van der Waals surface area contributed by atoms with E-state index in [0.717, 1.165) is 11.1 Å². The van der Waals surface area contributed by atoms with E-state index in [4.69, 9.17) is 0 Å². The highest BCUT2D eigenvalue weighted by atomic mass is 16.1. The molecule has 0 amide bonds. The molecule has 0 atom stereocenters. The van der Waals surface area contributed by atoms with Crippen LogP contribution in [0.25, 0.3) is 11.1 Å². The zero-order valence-corrected chi connectivity index (χ0v) is 7.97. The van der Waals surface area contributed by atoms with Crippen molar-refractivity contribution in [2.24, 2.45) is 7.05 Å². The van der Waals surface area contributed by atoms with Crippen molar-refractivity contribution in [3.05, 3.63) is 59.0 Å². The minimum absolute atomic E-state index is 0.0405. The molecule has 0 bridgehead atoms. The Bertz CT molecular complexity index is 485. The molecule has 1 heterocycles. The number of nitrogens with zero attached hydrogens (tertiary/aromatic N) is 1. The maximum absolute atomic E-state index is 11.7. The van der Waals surface area contributed by atoms with Crippen LogP contribution in [0.3, 0.4) is 0 Å². The van der Waals surface area contributed by atoms with Crippen molar-refractivity contribution < 1.29 is 0 Å². The highest BCUT2D eigenvalue weighted by Gasteiger charge is 2.01. The van der Waals surface area contributed by atoms with Gasteiger partial charge in [0, 0.05) is 18.8 Å². The van der Waals surface area contributed by atoms with E-state index in [-0.39, 0.29) is 5.56 Å². The van der Waals surface area contributed by atoms with Gasteiger partial charge < -0.3 is 4.57 Å². The highest BCUT2D eigenvalue weighted by molar-refractivity contribution is 5.61. The lowest BCUT2D eigenvalue weighted by Gasteiger charge is -2.02. The molecule has 0 unspecified atom stereocenters. The molecular weight excluding hydrogens is 174 g/mol. The Kier molecular flexibility index (Phi) is 2.19. The van der Waals surface area contributed by atoms with E-state index < -0.39 is 0 Å². The number of pyridine rings is 1. The molecule has 0 aliphatic carbocycles. The molecule has 0 spiro atoms. The van der Waals surface area contributed by atoms with Gasteiger partial charge in [0.25, 0.3) is 5.56 Å². The van der Waals surface area contributed by atoms with Gasteiger partial charge in [0.15, 0.2) is 0 Å². The van der Waals surface area contributed by atoms with Gasteiger partial charge in [0.2, 0.25) is 0 Å². The van der Waals surface area contributed by atoms with Crippen molar-refractivity contribution >= 4 is 0 Å². The van der Waals surface area contributed by atoms with Crippen LogP contribution in [0.1, 0.15) is 0 Å². The van der Waals surface area contributed by atoms with Crippen molar-refractivity contribution in [2.45, 2.75) is 0 Å². The fourth-order valence-corrected chi connectivity index (χ4v) is 1.43. The third-order valence-corrected chi connectivity index (χ3v) is 2.21. The summed E-state index contributed by atoms with van der Waals surface area (Å²) in [6.45, 7) is 0. The molecule has 1 aromatic heterocycles. The predicted molar refractivity (Wildman–Crippen MR) is 57.1 cm³/mol. The Morgan fingerprint density at radius 1 is 1.00 bits per heavy atom. The van der Waals surface area contributed by atoms with E-state index in [1.807, 2.05) is 42.5 Å². The second-order valence-electron chi connectivity index (χ2n) is 3.20. The lowest BCUT2D eigenvalue weighted by atomic mass is 10.1. The Morgan fingerprint density at radius 3 is 2.43 bits per heavy atom. The molecule has 2 nitrogen and oxygen atoms in total. The minimum atomic E-state index is 0.0405. The topological polar surface area (TPSA) is 22.0 Å². The average Bonchev–Trinajstić information content (AvgIpc) is 2.23. The molecule has 2 heteroatoms. The van der Waals surface area contributed by atoms with Crippen LogP contribution < -0.4 is 5.56 Å². The minimum Gasteiger partial charge on any atom is -0.318 e. The third-order valence-electron chi connectivity index (χ3n) is 2.21. The summed E-state index contributed by atoms with van der Waals surface area (Å²) >= 11 is 0. The summed E-state index contributed by atoms with van der Waals surface area (Å²) in [5.41, 5.74) is 1.75. The Labute approximate surface area is 82.4 Å². The van der Waals surface area contributed by atoms with Gasteiger partial charge in [0.05, 0.1) is 0 Å². The molecule has 70 valence electrons. The number of rotatable bonds is 1. The smallest absolute Gasteiger partial charge is 0.258 e. The Morgan fingerprint density at radius 2 is 1.71 bits per heavy atom.